The molecule has 0 saturated heterocycles. The first-order valence-electron chi connectivity index (χ1n) is 7.29. The van der Waals surface area contributed by atoms with Crippen molar-refractivity contribution in [2.45, 2.75) is 59.5 Å². The molecule has 0 aliphatic heterocycles. The molecule has 2 nitrogen and oxygen atoms in total. The molecule has 0 amide bonds. The second kappa shape index (κ2) is 8.10. The Kier molecular flexibility index (Phi) is 7.14. The molecule has 1 fully saturated rings. The smallest absolute Gasteiger partial charge is 0.0519 e. The number of hydrogen-bond acceptors (Lipinski definition) is 2. The van der Waals surface area contributed by atoms with E-state index in [2.05, 4.69) is 27.7 Å². The molecule has 1 rings (SSSR count). The summed E-state index contributed by atoms with van der Waals surface area (Å²) in [6.07, 6.45) is 5.74. The van der Waals surface area contributed by atoms with Gasteiger partial charge in [-0.1, -0.05) is 26.7 Å². The average Bonchev–Trinajstić information content (AvgIpc) is 2.27. The summed E-state index contributed by atoms with van der Waals surface area (Å²) in [7, 11) is 0. The maximum Gasteiger partial charge on any atom is 0.0519 e. The molecule has 102 valence electrons. The summed E-state index contributed by atoms with van der Waals surface area (Å²) in [6, 6.07) is 0. The van der Waals surface area contributed by atoms with E-state index in [1.807, 2.05) is 0 Å². The van der Waals surface area contributed by atoms with Gasteiger partial charge >= 0.3 is 0 Å². The molecule has 0 radical (unpaired) electrons. The summed E-state index contributed by atoms with van der Waals surface area (Å²) < 4.78 is 11.6. The van der Waals surface area contributed by atoms with Crippen LogP contribution in [0.25, 0.3) is 0 Å². The van der Waals surface area contributed by atoms with Gasteiger partial charge in [0.25, 0.3) is 0 Å². The van der Waals surface area contributed by atoms with Crippen molar-refractivity contribution in [3.8, 4) is 0 Å². The largest absolute Gasteiger partial charge is 0.381 e. The summed E-state index contributed by atoms with van der Waals surface area (Å²) in [5.74, 6) is 2.09. The number of ether oxygens (including phenoxy) is 2. The van der Waals surface area contributed by atoms with Crippen LogP contribution in [0.3, 0.4) is 0 Å². The van der Waals surface area contributed by atoms with Gasteiger partial charge in [0.05, 0.1) is 12.7 Å². The fourth-order valence-electron chi connectivity index (χ4n) is 2.49. The summed E-state index contributed by atoms with van der Waals surface area (Å²) in [6.45, 7) is 11.4. The molecule has 0 aromatic carbocycles. The summed E-state index contributed by atoms with van der Waals surface area (Å²) in [5.41, 5.74) is 0. The molecule has 0 aromatic heterocycles. The van der Waals surface area contributed by atoms with E-state index >= 15 is 0 Å². The summed E-state index contributed by atoms with van der Waals surface area (Å²) >= 11 is 0. The zero-order chi connectivity index (χ0) is 12.7. The van der Waals surface area contributed by atoms with Crippen molar-refractivity contribution in [3.05, 3.63) is 0 Å². The van der Waals surface area contributed by atoms with E-state index < -0.39 is 0 Å². The minimum absolute atomic E-state index is 0.356. The minimum Gasteiger partial charge on any atom is -0.381 e. The van der Waals surface area contributed by atoms with Crippen LogP contribution in [-0.2, 0) is 9.47 Å². The lowest BCUT2D eigenvalue weighted by atomic mass is 9.80. The van der Waals surface area contributed by atoms with Gasteiger partial charge in [-0.15, -0.1) is 0 Å². The van der Waals surface area contributed by atoms with E-state index in [9.17, 15) is 0 Å². The third-order valence-corrected chi connectivity index (χ3v) is 3.49. The second-order valence-corrected chi connectivity index (χ2v) is 6.12. The Labute approximate surface area is 107 Å². The first-order valence-corrected chi connectivity index (χ1v) is 7.29. The fourth-order valence-corrected chi connectivity index (χ4v) is 2.49. The monoisotopic (exact) mass is 242 g/mol. The predicted octanol–water partition coefficient (Wildman–Crippen LogP) is 3.89. The first kappa shape index (κ1) is 15.0. The van der Waals surface area contributed by atoms with E-state index in [1.165, 1.54) is 25.7 Å². The maximum atomic E-state index is 5.82. The topological polar surface area (TPSA) is 18.5 Å². The molecule has 2 atom stereocenters. The van der Waals surface area contributed by atoms with Gasteiger partial charge in [-0.3, -0.25) is 0 Å². The van der Waals surface area contributed by atoms with Crippen LogP contribution in [0.1, 0.15) is 53.4 Å². The Balaban J connectivity index is 2.26. The standard InChI is InChI=1S/C15H30O2/c1-12(2)9-16-10-14-7-5-6-8-15(14)11-17-13(3)4/h12-15H,5-11H2,1-4H3/t14-,15+/m1/s1. The summed E-state index contributed by atoms with van der Waals surface area (Å²) in [5, 5.41) is 0. The molecule has 1 aliphatic rings. The van der Waals surface area contributed by atoms with Gasteiger partial charge in [0.15, 0.2) is 0 Å². The van der Waals surface area contributed by atoms with Crippen LogP contribution < -0.4 is 0 Å². The van der Waals surface area contributed by atoms with Crippen molar-refractivity contribution in [2.75, 3.05) is 19.8 Å². The zero-order valence-electron chi connectivity index (χ0n) is 12.1. The Morgan fingerprint density at radius 1 is 0.941 bits per heavy atom. The molecule has 0 bridgehead atoms. The quantitative estimate of drug-likeness (QED) is 0.674. The van der Waals surface area contributed by atoms with Gasteiger partial charge in [0.2, 0.25) is 0 Å². The lowest BCUT2D eigenvalue weighted by Crippen LogP contribution is -2.29. The van der Waals surface area contributed by atoms with Crippen molar-refractivity contribution in [1.29, 1.82) is 0 Å². The molecule has 0 spiro atoms. The minimum atomic E-state index is 0.356. The van der Waals surface area contributed by atoms with Crippen LogP contribution in [0, 0.1) is 17.8 Å². The molecule has 17 heavy (non-hydrogen) atoms. The third kappa shape index (κ3) is 6.42. The lowest BCUT2D eigenvalue weighted by Gasteiger charge is -2.32. The highest BCUT2D eigenvalue weighted by Gasteiger charge is 2.25. The van der Waals surface area contributed by atoms with Crippen LogP contribution >= 0.6 is 0 Å². The Bertz CT molecular complexity index is 189. The lowest BCUT2D eigenvalue weighted by molar-refractivity contribution is -0.00953. The first-order chi connectivity index (χ1) is 8.09. The Hall–Kier alpha value is -0.0800. The number of rotatable bonds is 7. The molecule has 2 heteroatoms. The van der Waals surface area contributed by atoms with Crippen molar-refractivity contribution in [2.24, 2.45) is 17.8 Å². The van der Waals surface area contributed by atoms with Gasteiger partial charge in [-0.05, 0) is 44.4 Å². The fraction of sp³-hybridized carbons (Fsp3) is 1.00. The Morgan fingerprint density at radius 2 is 1.53 bits per heavy atom. The molecule has 0 heterocycles. The molecule has 0 unspecified atom stereocenters. The zero-order valence-corrected chi connectivity index (χ0v) is 12.1. The highest BCUT2D eigenvalue weighted by atomic mass is 16.5. The highest BCUT2D eigenvalue weighted by molar-refractivity contribution is 4.75. The van der Waals surface area contributed by atoms with Gasteiger partial charge in [0, 0.05) is 13.2 Å². The van der Waals surface area contributed by atoms with E-state index in [1.54, 1.807) is 0 Å². The molecular formula is C15H30O2. The SMILES string of the molecule is CC(C)COC[C@H]1CCCC[C@H]1COC(C)C. The third-order valence-electron chi connectivity index (χ3n) is 3.49. The van der Waals surface area contributed by atoms with Crippen molar-refractivity contribution >= 4 is 0 Å². The van der Waals surface area contributed by atoms with Gasteiger partial charge in [-0.25, -0.2) is 0 Å². The van der Waals surface area contributed by atoms with E-state index in [4.69, 9.17) is 9.47 Å². The average molecular weight is 242 g/mol. The van der Waals surface area contributed by atoms with Crippen molar-refractivity contribution in [3.63, 3.8) is 0 Å². The maximum absolute atomic E-state index is 5.82. The van der Waals surface area contributed by atoms with Crippen LogP contribution in [0.15, 0.2) is 0 Å². The van der Waals surface area contributed by atoms with Crippen LogP contribution in [0.4, 0.5) is 0 Å². The molecule has 1 aliphatic carbocycles. The van der Waals surface area contributed by atoms with E-state index in [0.717, 1.165) is 31.7 Å². The van der Waals surface area contributed by atoms with Crippen molar-refractivity contribution < 1.29 is 9.47 Å². The second-order valence-electron chi connectivity index (χ2n) is 6.12. The molecule has 0 N–H and O–H groups in total. The number of hydrogen-bond donors (Lipinski definition) is 0. The van der Waals surface area contributed by atoms with E-state index in [-0.39, 0.29) is 0 Å². The predicted molar refractivity (Wildman–Crippen MR) is 72.2 cm³/mol. The van der Waals surface area contributed by atoms with Gasteiger partial charge < -0.3 is 9.47 Å². The van der Waals surface area contributed by atoms with E-state index in [0.29, 0.717) is 12.0 Å². The molecular weight excluding hydrogens is 212 g/mol. The molecule has 0 aromatic rings. The van der Waals surface area contributed by atoms with Crippen LogP contribution in [0.2, 0.25) is 0 Å². The van der Waals surface area contributed by atoms with Gasteiger partial charge in [0.1, 0.15) is 0 Å². The van der Waals surface area contributed by atoms with Gasteiger partial charge in [-0.2, -0.15) is 0 Å². The van der Waals surface area contributed by atoms with Crippen LogP contribution in [-0.4, -0.2) is 25.9 Å². The highest BCUT2D eigenvalue weighted by Crippen LogP contribution is 2.30. The summed E-state index contributed by atoms with van der Waals surface area (Å²) in [4.78, 5) is 0. The van der Waals surface area contributed by atoms with Crippen molar-refractivity contribution in [1.82, 2.24) is 0 Å². The molecule has 1 saturated carbocycles. The van der Waals surface area contributed by atoms with Crippen LogP contribution in [0.5, 0.6) is 0 Å². The Morgan fingerprint density at radius 3 is 2.06 bits per heavy atom. The normalized spacial score (nSPS) is 25.8.